The molecular weight excluding hydrogens is 795 g/mol. The Bertz CT molecular complexity index is 1490. The first-order chi connectivity index (χ1) is 28.3. The fourth-order valence-electron chi connectivity index (χ4n) is 5.96. The number of amides is 8. The van der Waals surface area contributed by atoms with Crippen molar-refractivity contribution < 1.29 is 53.4 Å². The minimum absolute atomic E-state index is 0.0443. The van der Waals surface area contributed by atoms with Crippen molar-refractivity contribution in [2.75, 3.05) is 13.1 Å². The number of nitrogens with two attached hydrogens (primary N) is 1. The number of carbonyl (C=O) groups is 9. The van der Waals surface area contributed by atoms with Crippen molar-refractivity contribution in [3.63, 3.8) is 0 Å². The Hall–Kier alpha value is -4.85. The molecule has 0 aliphatic rings. The number of carboxylic acid groups (broad SMARTS) is 1. The summed E-state index contributed by atoms with van der Waals surface area (Å²) < 4.78 is 0. The molecule has 0 saturated heterocycles. The fourth-order valence-corrected chi connectivity index (χ4v) is 5.96. The number of carboxylic acids is 1. The van der Waals surface area contributed by atoms with Crippen LogP contribution in [-0.4, -0.2) is 125 Å². The number of hydrogen-bond donors (Lipinski definition) is 11. The molecule has 0 aromatic carbocycles. The van der Waals surface area contributed by atoms with Crippen LogP contribution in [0.1, 0.15) is 115 Å². The summed E-state index contributed by atoms with van der Waals surface area (Å²) in [6.07, 6.45) is -0.287. The van der Waals surface area contributed by atoms with Crippen LogP contribution in [0.15, 0.2) is 0 Å². The molecule has 0 radical (unpaired) electrons. The number of aliphatic hydroxyl groups excluding tert-OH is 1. The first-order valence-corrected chi connectivity index (χ1v) is 21.3. The highest BCUT2D eigenvalue weighted by Crippen LogP contribution is 2.13. The van der Waals surface area contributed by atoms with Crippen LogP contribution >= 0.6 is 0 Å². The van der Waals surface area contributed by atoms with Gasteiger partial charge in [-0.2, -0.15) is 0 Å². The van der Waals surface area contributed by atoms with Gasteiger partial charge in [0.25, 0.3) is 0 Å². The Kier molecular flexibility index (Phi) is 25.7. The zero-order valence-electron chi connectivity index (χ0n) is 38.1. The summed E-state index contributed by atoms with van der Waals surface area (Å²) in [6, 6.07) is -7.90. The van der Waals surface area contributed by atoms with Crippen LogP contribution in [0.4, 0.5) is 0 Å². The summed E-state index contributed by atoms with van der Waals surface area (Å²) in [7, 11) is 0. The number of aliphatic carboxylic acids is 1. The number of carbonyl (C=O) groups excluding carboxylic acids is 8. The van der Waals surface area contributed by atoms with E-state index in [1.54, 1.807) is 41.5 Å². The molecule has 0 aliphatic carbocycles. The van der Waals surface area contributed by atoms with Crippen molar-refractivity contribution in [1.82, 2.24) is 42.5 Å². The average Bonchev–Trinajstić information content (AvgIpc) is 3.16. The molecule has 350 valence electrons. The lowest BCUT2D eigenvalue weighted by molar-refractivity contribution is -0.144. The van der Waals surface area contributed by atoms with Crippen molar-refractivity contribution >= 4 is 53.2 Å². The first kappa shape index (κ1) is 56.1. The van der Waals surface area contributed by atoms with Crippen LogP contribution in [0.5, 0.6) is 0 Å². The van der Waals surface area contributed by atoms with Crippen LogP contribution in [0.25, 0.3) is 0 Å². The van der Waals surface area contributed by atoms with Crippen LogP contribution in [-0.2, 0) is 43.2 Å². The Morgan fingerprint density at radius 2 is 0.951 bits per heavy atom. The highest BCUT2D eigenvalue weighted by Gasteiger charge is 2.35. The second-order valence-corrected chi connectivity index (χ2v) is 17.1. The highest BCUT2D eigenvalue weighted by molar-refractivity contribution is 5.96. The van der Waals surface area contributed by atoms with Crippen LogP contribution in [0.2, 0.25) is 0 Å². The summed E-state index contributed by atoms with van der Waals surface area (Å²) in [5.41, 5.74) is 5.63. The molecule has 0 saturated carbocycles. The summed E-state index contributed by atoms with van der Waals surface area (Å²) in [5, 5.41) is 40.3. The number of hydrogen-bond acceptors (Lipinski definition) is 11. The van der Waals surface area contributed by atoms with E-state index < -0.39 is 120 Å². The SMILES string of the molecule is CC[C@H](C)[C@H](NC(=O)CNC(=O)[C@H](CC(C)C)NC(=O)[C@H](C)N)C(=O)NCCC(=O)N[C@H](C(=O)N[C@@H](CC(C)C)C(=O)N[C@H](C(=O)N[C@H](C(=O)O)C(C)C)[C@@H](C)O)[C@@H](C)CC. The van der Waals surface area contributed by atoms with E-state index in [0.29, 0.717) is 19.3 Å². The van der Waals surface area contributed by atoms with Crippen molar-refractivity contribution in [2.45, 2.75) is 164 Å². The lowest BCUT2D eigenvalue weighted by atomic mass is 9.96. The predicted molar refractivity (Wildman–Crippen MR) is 228 cm³/mol. The minimum Gasteiger partial charge on any atom is -0.480 e. The fraction of sp³-hybridized carbons (Fsp3) is 0.780. The second-order valence-electron chi connectivity index (χ2n) is 17.1. The molecule has 20 nitrogen and oxygen atoms in total. The number of nitrogens with one attached hydrogen (secondary N) is 8. The molecule has 12 N–H and O–H groups in total. The van der Waals surface area contributed by atoms with Crippen molar-refractivity contribution in [2.24, 2.45) is 35.3 Å². The Labute approximate surface area is 360 Å². The smallest absolute Gasteiger partial charge is 0.326 e. The maximum absolute atomic E-state index is 13.7. The topological polar surface area (TPSA) is 316 Å². The molecule has 10 atom stereocenters. The Morgan fingerprint density at radius 3 is 1.39 bits per heavy atom. The molecule has 20 heteroatoms. The third kappa shape index (κ3) is 21.0. The molecule has 0 aromatic rings. The van der Waals surface area contributed by atoms with Gasteiger partial charge in [0.05, 0.1) is 18.7 Å². The third-order valence-corrected chi connectivity index (χ3v) is 10.1. The molecule has 0 bridgehead atoms. The minimum atomic E-state index is -1.54. The van der Waals surface area contributed by atoms with Gasteiger partial charge < -0.3 is 58.5 Å². The lowest BCUT2D eigenvalue weighted by Crippen LogP contribution is -2.61. The van der Waals surface area contributed by atoms with Gasteiger partial charge in [0, 0.05) is 13.0 Å². The van der Waals surface area contributed by atoms with E-state index in [-0.39, 0.29) is 37.1 Å². The standard InChI is InChI=1S/C41H75N9O11/c1-13-23(9)32(48-30(53)19-44-36(55)27(17-20(3)4)45-35(54)25(11)42)38(57)43-16-15-29(52)47-33(24(10)14-2)39(58)46-28(18-21(5)6)37(56)50-34(26(12)51)40(59)49-31(22(7)8)41(60)61/h20-28,31-34,51H,13-19,42H2,1-12H3,(H,43,57)(H,44,55)(H,45,54)(H,46,58)(H,47,52)(H,48,53)(H,49,59)(H,50,56)(H,60,61)/t23-,24-,25-,26+,27-,28-,31-,32-,33-,34-/m0/s1. The monoisotopic (exact) mass is 870 g/mol. The van der Waals surface area contributed by atoms with Gasteiger partial charge in [0.2, 0.25) is 47.3 Å². The predicted octanol–water partition coefficient (Wildman–Crippen LogP) is -0.829. The quantitative estimate of drug-likeness (QED) is 0.0459. The number of aliphatic hydroxyl groups is 1. The van der Waals surface area contributed by atoms with Crippen LogP contribution < -0.4 is 48.3 Å². The van der Waals surface area contributed by atoms with Crippen LogP contribution in [0.3, 0.4) is 0 Å². The van der Waals surface area contributed by atoms with E-state index in [4.69, 9.17) is 5.73 Å². The molecule has 0 aliphatic heterocycles. The number of rotatable bonds is 28. The molecule has 0 rings (SSSR count). The molecule has 61 heavy (non-hydrogen) atoms. The van der Waals surface area contributed by atoms with Gasteiger partial charge in [-0.05, 0) is 56.3 Å². The molecule has 8 amide bonds. The molecule has 0 heterocycles. The van der Waals surface area contributed by atoms with E-state index in [0.717, 1.165) is 0 Å². The third-order valence-electron chi connectivity index (χ3n) is 10.1. The molecule has 0 fully saturated rings. The molecular formula is C41H75N9O11. The highest BCUT2D eigenvalue weighted by atomic mass is 16.4. The zero-order chi connectivity index (χ0) is 47.3. The zero-order valence-corrected chi connectivity index (χ0v) is 38.1. The largest absolute Gasteiger partial charge is 0.480 e. The second kappa shape index (κ2) is 27.9. The van der Waals surface area contributed by atoms with Crippen molar-refractivity contribution in [3.05, 3.63) is 0 Å². The van der Waals surface area contributed by atoms with E-state index in [1.165, 1.54) is 13.8 Å². The van der Waals surface area contributed by atoms with E-state index in [2.05, 4.69) is 42.5 Å². The van der Waals surface area contributed by atoms with Gasteiger partial charge in [-0.25, -0.2) is 4.79 Å². The summed E-state index contributed by atoms with van der Waals surface area (Å²) in [4.78, 5) is 116. The van der Waals surface area contributed by atoms with Gasteiger partial charge in [-0.1, -0.05) is 82.1 Å². The van der Waals surface area contributed by atoms with Crippen molar-refractivity contribution in [3.8, 4) is 0 Å². The van der Waals surface area contributed by atoms with E-state index in [9.17, 15) is 53.4 Å². The maximum atomic E-state index is 13.7. The van der Waals surface area contributed by atoms with Crippen LogP contribution in [0, 0.1) is 29.6 Å². The van der Waals surface area contributed by atoms with Gasteiger partial charge >= 0.3 is 5.97 Å². The maximum Gasteiger partial charge on any atom is 0.326 e. The summed E-state index contributed by atoms with van der Waals surface area (Å²) >= 11 is 0. The average molecular weight is 870 g/mol. The summed E-state index contributed by atoms with van der Waals surface area (Å²) in [5.74, 6) is -7.94. The van der Waals surface area contributed by atoms with E-state index in [1.807, 2.05) is 27.7 Å². The van der Waals surface area contributed by atoms with Gasteiger partial charge in [0.1, 0.15) is 36.3 Å². The molecule has 0 aromatic heterocycles. The first-order valence-electron chi connectivity index (χ1n) is 21.3. The van der Waals surface area contributed by atoms with Gasteiger partial charge in [-0.15, -0.1) is 0 Å². The van der Waals surface area contributed by atoms with Gasteiger partial charge in [0.15, 0.2) is 0 Å². The van der Waals surface area contributed by atoms with E-state index >= 15 is 0 Å². The summed E-state index contributed by atoms with van der Waals surface area (Å²) in [6.45, 7) is 19.8. The lowest BCUT2D eigenvalue weighted by Gasteiger charge is -2.29. The van der Waals surface area contributed by atoms with Crippen molar-refractivity contribution in [1.29, 1.82) is 0 Å². The molecule has 0 unspecified atom stereocenters. The Balaban J connectivity index is 5.71. The molecule has 0 spiro atoms. The van der Waals surface area contributed by atoms with Gasteiger partial charge in [-0.3, -0.25) is 38.4 Å². The Morgan fingerprint density at radius 1 is 0.508 bits per heavy atom. The normalized spacial score (nSPS) is 16.3.